The fourth-order valence-electron chi connectivity index (χ4n) is 2.12. The van der Waals surface area contributed by atoms with Crippen molar-refractivity contribution in [2.75, 3.05) is 0 Å². The zero-order valence-corrected chi connectivity index (χ0v) is 11.9. The maximum Gasteiger partial charge on any atom is 0.349 e. The third-order valence-electron chi connectivity index (χ3n) is 3.26. The number of carbonyl (C=O) groups excluding carboxylic acids is 1. The first-order chi connectivity index (χ1) is 8.50. The highest BCUT2D eigenvalue weighted by Crippen LogP contribution is 2.59. The first-order valence-electron chi connectivity index (χ1n) is 6.09. The second-order valence-corrected chi connectivity index (χ2v) is 6.36. The summed E-state index contributed by atoms with van der Waals surface area (Å²) in [5.41, 5.74) is -1.24. The van der Waals surface area contributed by atoms with Crippen molar-refractivity contribution in [3.05, 3.63) is 11.6 Å². The van der Waals surface area contributed by atoms with Gasteiger partial charge in [0.15, 0.2) is 0 Å². The second-order valence-electron chi connectivity index (χ2n) is 6.36. The molecule has 0 aliphatic heterocycles. The van der Waals surface area contributed by atoms with Crippen molar-refractivity contribution in [1.82, 2.24) is 0 Å². The van der Waals surface area contributed by atoms with Gasteiger partial charge in [0.05, 0.1) is 5.92 Å². The van der Waals surface area contributed by atoms with Crippen LogP contribution in [0.5, 0.6) is 0 Å². The number of nitrogens with zero attached hydrogens (tertiary/aromatic N) is 1. The SMILES string of the molecule is CC(C)(C)OC(=O)C(C#N)=CC1C(C(=O)O)C1(C)C. The minimum atomic E-state index is -0.910. The van der Waals surface area contributed by atoms with Crippen molar-refractivity contribution >= 4 is 11.9 Å². The number of carboxylic acid groups (broad SMARTS) is 1. The van der Waals surface area contributed by atoms with Gasteiger partial charge in [-0.2, -0.15) is 5.26 Å². The molecule has 1 rings (SSSR count). The molecule has 1 N–H and O–H groups in total. The van der Waals surface area contributed by atoms with Gasteiger partial charge in [0.2, 0.25) is 0 Å². The maximum atomic E-state index is 11.8. The van der Waals surface area contributed by atoms with E-state index in [4.69, 9.17) is 15.1 Å². The van der Waals surface area contributed by atoms with Crippen molar-refractivity contribution in [3.8, 4) is 6.07 Å². The fourth-order valence-corrected chi connectivity index (χ4v) is 2.12. The molecule has 1 aliphatic carbocycles. The van der Waals surface area contributed by atoms with Gasteiger partial charge < -0.3 is 9.84 Å². The van der Waals surface area contributed by atoms with Gasteiger partial charge in [0, 0.05) is 0 Å². The average molecular weight is 265 g/mol. The molecule has 0 bridgehead atoms. The average Bonchev–Trinajstić information content (AvgIpc) is 2.73. The van der Waals surface area contributed by atoms with Gasteiger partial charge in [0.25, 0.3) is 0 Å². The third-order valence-corrected chi connectivity index (χ3v) is 3.26. The summed E-state index contributed by atoms with van der Waals surface area (Å²) in [7, 11) is 0. The van der Waals surface area contributed by atoms with E-state index in [0.717, 1.165) is 0 Å². The van der Waals surface area contributed by atoms with E-state index in [1.165, 1.54) is 6.08 Å². The normalized spacial score (nSPS) is 25.4. The van der Waals surface area contributed by atoms with E-state index in [0.29, 0.717) is 0 Å². The molecule has 0 heterocycles. The number of carboxylic acids is 1. The van der Waals surface area contributed by atoms with E-state index in [-0.39, 0.29) is 11.5 Å². The van der Waals surface area contributed by atoms with Gasteiger partial charge in [-0.3, -0.25) is 4.79 Å². The molecule has 0 spiro atoms. The van der Waals surface area contributed by atoms with E-state index in [1.54, 1.807) is 40.7 Å². The fraction of sp³-hybridized carbons (Fsp3) is 0.643. The number of rotatable bonds is 3. The first-order valence-corrected chi connectivity index (χ1v) is 6.09. The minimum absolute atomic E-state index is 0.128. The monoisotopic (exact) mass is 265 g/mol. The summed E-state index contributed by atoms with van der Waals surface area (Å²) in [6.45, 7) is 8.73. The topological polar surface area (TPSA) is 87.4 Å². The molecule has 0 aromatic rings. The number of aliphatic carboxylic acids is 1. The lowest BCUT2D eigenvalue weighted by atomic mass is 10.1. The molecular formula is C14H19NO4. The Hall–Kier alpha value is -1.83. The van der Waals surface area contributed by atoms with Crippen molar-refractivity contribution in [3.63, 3.8) is 0 Å². The number of carbonyl (C=O) groups is 2. The Morgan fingerprint density at radius 2 is 1.89 bits per heavy atom. The summed E-state index contributed by atoms with van der Waals surface area (Å²) >= 11 is 0. The number of nitriles is 1. The summed E-state index contributed by atoms with van der Waals surface area (Å²) in [6, 6.07) is 1.79. The van der Waals surface area contributed by atoms with Crippen LogP contribution in [0.15, 0.2) is 11.6 Å². The molecule has 5 nitrogen and oxygen atoms in total. The summed E-state index contributed by atoms with van der Waals surface area (Å²) < 4.78 is 5.11. The zero-order chi connectivity index (χ0) is 15.0. The van der Waals surface area contributed by atoms with Crippen LogP contribution in [0.3, 0.4) is 0 Å². The van der Waals surface area contributed by atoms with Crippen LogP contribution in [-0.4, -0.2) is 22.6 Å². The Bertz CT molecular complexity index is 477. The van der Waals surface area contributed by atoms with Gasteiger partial charge in [-0.15, -0.1) is 0 Å². The van der Waals surface area contributed by atoms with E-state index in [2.05, 4.69) is 0 Å². The molecule has 2 atom stereocenters. The summed E-state index contributed by atoms with van der Waals surface area (Å²) in [6.07, 6.45) is 1.42. The molecule has 0 radical (unpaired) electrons. The highest BCUT2D eigenvalue weighted by atomic mass is 16.6. The van der Waals surface area contributed by atoms with Crippen molar-refractivity contribution < 1.29 is 19.4 Å². The Labute approximate surface area is 112 Å². The van der Waals surface area contributed by atoms with Gasteiger partial charge in [-0.1, -0.05) is 19.9 Å². The quantitative estimate of drug-likeness (QED) is 0.480. The number of esters is 1. The molecule has 2 unspecified atom stereocenters. The molecule has 19 heavy (non-hydrogen) atoms. The largest absolute Gasteiger partial charge is 0.481 e. The van der Waals surface area contributed by atoms with Crippen LogP contribution in [-0.2, 0) is 14.3 Å². The summed E-state index contributed by atoms with van der Waals surface area (Å²) in [5.74, 6) is -2.49. The molecule has 0 amide bonds. The highest BCUT2D eigenvalue weighted by Gasteiger charge is 2.61. The summed E-state index contributed by atoms with van der Waals surface area (Å²) in [4.78, 5) is 22.8. The van der Waals surface area contributed by atoms with E-state index in [9.17, 15) is 9.59 Å². The maximum absolute atomic E-state index is 11.8. The predicted molar refractivity (Wildman–Crippen MR) is 67.9 cm³/mol. The molecule has 0 aromatic carbocycles. The third kappa shape index (κ3) is 3.34. The van der Waals surface area contributed by atoms with Crippen molar-refractivity contribution in [2.24, 2.45) is 17.3 Å². The predicted octanol–water partition coefficient (Wildman–Crippen LogP) is 2.13. The lowest BCUT2D eigenvalue weighted by Crippen LogP contribution is -2.24. The Kier molecular flexibility index (Phi) is 3.76. The van der Waals surface area contributed by atoms with E-state index in [1.807, 2.05) is 0 Å². The highest BCUT2D eigenvalue weighted by molar-refractivity contribution is 5.93. The summed E-state index contributed by atoms with van der Waals surface area (Å²) in [5, 5.41) is 18.0. The number of hydrogen-bond donors (Lipinski definition) is 1. The molecular weight excluding hydrogens is 246 g/mol. The standard InChI is InChI=1S/C14H19NO4/c1-13(2,3)19-12(18)8(7-15)6-9-10(11(16)17)14(9,4)5/h6,9-10H,1-5H3,(H,16,17). The minimum Gasteiger partial charge on any atom is -0.481 e. The zero-order valence-electron chi connectivity index (χ0n) is 11.9. The van der Waals surface area contributed by atoms with Gasteiger partial charge in [-0.25, -0.2) is 4.79 Å². The van der Waals surface area contributed by atoms with Crippen molar-refractivity contribution in [1.29, 1.82) is 5.26 Å². The van der Waals surface area contributed by atoms with Gasteiger partial charge >= 0.3 is 11.9 Å². The molecule has 104 valence electrons. The molecule has 1 saturated carbocycles. The lowest BCUT2D eigenvalue weighted by molar-refractivity contribution is -0.149. The van der Waals surface area contributed by atoms with Crippen LogP contribution in [0.2, 0.25) is 0 Å². The molecule has 1 fully saturated rings. The van der Waals surface area contributed by atoms with Gasteiger partial charge in [0.1, 0.15) is 17.2 Å². The van der Waals surface area contributed by atoms with Crippen LogP contribution in [0, 0.1) is 28.6 Å². The smallest absolute Gasteiger partial charge is 0.349 e. The van der Waals surface area contributed by atoms with Crippen LogP contribution >= 0.6 is 0 Å². The van der Waals surface area contributed by atoms with Crippen LogP contribution < -0.4 is 0 Å². The Balaban J connectivity index is 2.89. The van der Waals surface area contributed by atoms with Crippen LogP contribution in [0.4, 0.5) is 0 Å². The van der Waals surface area contributed by atoms with Gasteiger partial charge in [-0.05, 0) is 32.1 Å². The van der Waals surface area contributed by atoms with Crippen LogP contribution in [0.1, 0.15) is 34.6 Å². The number of allylic oxidation sites excluding steroid dienone is 1. The Morgan fingerprint density at radius 1 is 1.37 bits per heavy atom. The first kappa shape index (κ1) is 15.2. The van der Waals surface area contributed by atoms with E-state index >= 15 is 0 Å². The Morgan fingerprint density at radius 3 is 2.21 bits per heavy atom. The molecule has 0 aromatic heterocycles. The molecule has 0 saturated heterocycles. The lowest BCUT2D eigenvalue weighted by Gasteiger charge is -2.19. The second kappa shape index (κ2) is 4.69. The van der Waals surface area contributed by atoms with E-state index < -0.39 is 28.9 Å². The molecule has 5 heteroatoms. The van der Waals surface area contributed by atoms with Crippen molar-refractivity contribution in [2.45, 2.75) is 40.2 Å². The molecule has 1 aliphatic rings. The number of hydrogen-bond acceptors (Lipinski definition) is 4. The number of ether oxygens (including phenoxy) is 1. The van der Waals surface area contributed by atoms with Crippen LogP contribution in [0.25, 0.3) is 0 Å².